The monoisotopic (exact) mass is 362 g/mol. The van der Waals surface area contributed by atoms with E-state index in [1.807, 2.05) is 18.2 Å². The van der Waals surface area contributed by atoms with E-state index in [1.54, 1.807) is 0 Å². The van der Waals surface area contributed by atoms with Crippen LogP contribution in [0.4, 0.5) is 0 Å². The van der Waals surface area contributed by atoms with Gasteiger partial charge in [0.1, 0.15) is 0 Å². The Labute approximate surface area is 123 Å². The summed E-state index contributed by atoms with van der Waals surface area (Å²) in [5, 5.41) is 0. The van der Waals surface area contributed by atoms with Crippen LogP contribution in [-0.2, 0) is 0 Å². The average molecular weight is 361 g/mol. The van der Waals surface area contributed by atoms with Crippen LogP contribution in [0.15, 0.2) is 40.5 Å². The molecule has 0 saturated heterocycles. The molecule has 0 aliphatic carbocycles. The van der Waals surface area contributed by atoms with Crippen LogP contribution in [0.3, 0.4) is 0 Å². The summed E-state index contributed by atoms with van der Waals surface area (Å²) >= 11 is -2.04. The third-order valence-corrected chi connectivity index (χ3v) is 9.89. The van der Waals surface area contributed by atoms with Crippen LogP contribution in [0.5, 0.6) is 0 Å². The molecule has 1 aromatic rings. The molecule has 102 valence electrons. The van der Waals surface area contributed by atoms with Crippen LogP contribution in [0.25, 0.3) is 0 Å². The normalized spacial score (nSPS) is 12.4. The molecule has 1 heteroatoms. The first-order chi connectivity index (χ1) is 8.95. The van der Waals surface area contributed by atoms with Gasteiger partial charge in [0.25, 0.3) is 0 Å². The Morgan fingerprint density at radius 2 is 1.84 bits per heavy atom. The summed E-state index contributed by atoms with van der Waals surface area (Å²) in [7, 11) is 0. The quantitative estimate of drug-likeness (QED) is 0.495. The van der Waals surface area contributed by atoms with E-state index in [9.17, 15) is 0 Å². The Hall–Kier alpha value is -0.681. The molecule has 0 fully saturated rings. The van der Waals surface area contributed by atoms with E-state index in [-0.39, 0.29) is 0 Å². The molecule has 0 aromatic heterocycles. The fourth-order valence-electron chi connectivity index (χ4n) is 1.96. The van der Waals surface area contributed by atoms with Crippen LogP contribution in [0.2, 0.25) is 14.8 Å². The first-order valence-corrected chi connectivity index (χ1v) is 17.2. The molecule has 0 saturated carbocycles. The maximum atomic E-state index is 4.38. The molecule has 0 bridgehead atoms. The van der Waals surface area contributed by atoms with Crippen molar-refractivity contribution in [2.24, 2.45) is 5.92 Å². The summed E-state index contributed by atoms with van der Waals surface area (Å²) < 4.78 is 1.46. The van der Waals surface area contributed by atoms with Crippen molar-refractivity contribution >= 4 is 18.4 Å². The van der Waals surface area contributed by atoms with Crippen molar-refractivity contribution in [1.82, 2.24) is 0 Å². The second-order valence-corrected chi connectivity index (χ2v) is 20.8. The maximum absolute atomic E-state index is 4.38. The van der Waals surface area contributed by atoms with E-state index >= 15 is 0 Å². The Morgan fingerprint density at radius 3 is 2.37 bits per heavy atom. The van der Waals surface area contributed by atoms with Crippen LogP contribution in [-0.4, -0.2) is 18.4 Å². The Kier molecular flexibility index (Phi) is 6.72. The van der Waals surface area contributed by atoms with Gasteiger partial charge < -0.3 is 0 Å². The average Bonchev–Trinajstić information content (AvgIpc) is 2.38. The SMILES string of the molecule is C=[C](C(C#Cc1ccccc1)CCCC)[Sn]([CH3])([CH3])[CH3]. The zero-order valence-corrected chi connectivity index (χ0v) is 15.6. The molecule has 1 unspecified atom stereocenters. The summed E-state index contributed by atoms with van der Waals surface area (Å²) in [5.74, 6) is 7.21. The molecule has 0 amide bonds. The molecule has 0 aliphatic rings. The van der Waals surface area contributed by atoms with Crippen LogP contribution in [0.1, 0.15) is 31.7 Å². The summed E-state index contributed by atoms with van der Waals surface area (Å²) in [4.78, 5) is 7.29. The van der Waals surface area contributed by atoms with Gasteiger partial charge in [0.2, 0.25) is 0 Å². The van der Waals surface area contributed by atoms with E-state index in [0.29, 0.717) is 5.92 Å². The molecular formula is C18H26Sn. The molecule has 0 aliphatic heterocycles. The number of rotatable bonds is 5. The van der Waals surface area contributed by atoms with Crippen molar-refractivity contribution in [1.29, 1.82) is 0 Å². The number of benzene rings is 1. The third-order valence-electron chi connectivity index (χ3n) is 3.39. The molecule has 1 rings (SSSR count). The summed E-state index contributed by atoms with van der Waals surface area (Å²) in [5.41, 5.74) is 1.11. The molecule has 1 aromatic carbocycles. The predicted octanol–water partition coefficient (Wildman–Crippen LogP) is 5.28. The Morgan fingerprint density at radius 1 is 1.21 bits per heavy atom. The number of unbranched alkanes of at least 4 members (excludes halogenated alkanes) is 1. The second kappa shape index (κ2) is 7.80. The summed E-state index contributed by atoms with van der Waals surface area (Å²) in [6, 6.07) is 10.3. The summed E-state index contributed by atoms with van der Waals surface area (Å²) in [6.07, 6.45) is 3.65. The van der Waals surface area contributed by atoms with Crippen molar-refractivity contribution in [2.75, 3.05) is 0 Å². The van der Waals surface area contributed by atoms with Crippen LogP contribution < -0.4 is 0 Å². The standard InChI is InChI=1S/C15H17.3CH3.Sn/c1-3-5-9-14(4-2)12-13-15-10-7-6-8-11-15;;;;/h6-8,10-11,14H,2-3,5,9H2,1H3;3*1H3;. The first kappa shape index (κ1) is 16.4. The fraction of sp³-hybridized carbons (Fsp3) is 0.444. The minimum atomic E-state index is -2.04. The van der Waals surface area contributed by atoms with Gasteiger partial charge in [-0.1, -0.05) is 0 Å². The summed E-state index contributed by atoms with van der Waals surface area (Å²) in [6.45, 7) is 6.62. The van der Waals surface area contributed by atoms with Gasteiger partial charge >= 0.3 is 123 Å². The van der Waals surface area contributed by atoms with Crippen molar-refractivity contribution in [3.8, 4) is 11.8 Å². The van der Waals surface area contributed by atoms with E-state index in [0.717, 1.165) is 5.56 Å². The molecular weight excluding hydrogens is 335 g/mol. The van der Waals surface area contributed by atoms with Gasteiger partial charge in [-0.15, -0.1) is 0 Å². The number of allylic oxidation sites excluding steroid dienone is 1. The van der Waals surface area contributed by atoms with Crippen molar-refractivity contribution in [3.05, 3.63) is 46.1 Å². The van der Waals surface area contributed by atoms with E-state index in [2.05, 4.69) is 52.3 Å². The predicted molar refractivity (Wildman–Crippen MR) is 88.8 cm³/mol. The van der Waals surface area contributed by atoms with Gasteiger partial charge in [0, 0.05) is 0 Å². The Bertz CT molecular complexity index is 454. The van der Waals surface area contributed by atoms with Crippen molar-refractivity contribution in [3.63, 3.8) is 0 Å². The van der Waals surface area contributed by atoms with Crippen LogP contribution in [0, 0.1) is 17.8 Å². The molecule has 0 nitrogen and oxygen atoms in total. The van der Waals surface area contributed by atoms with Gasteiger partial charge in [-0.25, -0.2) is 0 Å². The zero-order chi connectivity index (χ0) is 14.3. The van der Waals surface area contributed by atoms with E-state index < -0.39 is 18.4 Å². The molecule has 0 heterocycles. The third kappa shape index (κ3) is 5.87. The Balaban J connectivity index is 2.87. The van der Waals surface area contributed by atoms with Crippen molar-refractivity contribution < 1.29 is 0 Å². The molecule has 0 spiro atoms. The van der Waals surface area contributed by atoms with Crippen LogP contribution >= 0.6 is 0 Å². The molecule has 1 atom stereocenters. The first-order valence-electron chi connectivity index (χ1n) is 7.21. The van der Waals surface area contributed by atoms with Gasteiger partial charge in [0.15, 0.2) is 0 Å². The second-order valence-electron chi connectivity index (χ2n) is 6.11. The van der Waals surface area contributed by atoms with Crippen molar-refractivity contribution in [2.45, 2.75) is 41.0 Å². The number of hydrogen-bond donors (Lipinski definition) is 0. The topological polar surface area (TPSA) is 0 Å². The molecule has 19 heavy (non-hydrogen) atoms. The fourth-order valence-corrected chi connectivity index (χ4v) is 5.56. The molecule has 0 radical (unpaired) electrons. The van der Waals surface area contributed by atoms with E-state index in [1.165, 1.54) is 22.9 Å². The van der Waals surface area contributed by atoms with Gasteiger partial charge in [-0.05, 0) is 0 Å². The zero-order valence-electron chi connectivity index (χ0n) is 12.8. The molecule has 0 N–H and O–H groups in total. The van der Waals surface area contributed by atoms with Gasteiger partial charge in [-0.2, -0.15) is 0 Å². The van der Waals surface area contributed by atoms with Gasteiger partial charge in [0.05, 0.1) is 0 Å². The van der Waals surface area contributed by atoms with Gasteiger partial charge in [-0.3, -0.25) is 0 Å². The minimum absolute atomic E-state index is 0.399. The van der Waals surface area contributed by atoms with E-state index in [4.69, 9.17) is 0 Å². The number of hydrogen-bond acceptors (Lipinski definition) is 0.